The van der Waals surface area contributed by atoms with Gasteiger partial charge in [0.05, 0.1) is 12.6 Å². The molecule has 3 rings (SSSR count). The molecular weight excluding hydrogens is 446 g/mol. The maximum atomic E-state index is 5.44. The summed E-state index contributed by atoms with van der Waals surface area (Å²) in [5.41, 5.74) is 4.34. The van der Waals surface area contributed by atoms with Crippen molar-refractivity contribution in [2.75, 3.05) is 7.11 Å². The minimum Gasteiger partial charge on any atom is -0.495 e. The Hall–Kier alpha value is -1.22. The zero-order valence-electron chi connectivity index (χ0n) is 11.5. The number of nitrogens with zero attached hydrogens (tertiary/aromatic N) is 1. The van der Waals surface area contributed by atoms with E-state index >= 15 is 0 Å². The number of hydrogen-bond acceptors (Lipinski definition) is 3. The molecule has 0 fully saturated rings. The molecule has 0 aliphatic carbocycles. The summed E-state index contributed by atoms with van der Waals surface area (Å²) in [7, 11) is 1.69. The molecule has 0 atom stereocenters. The Morgan fingerprint density at radius 1 is 1.20 bits per heavy atom. The summed E-state index contributed by atoms with van der Waals surface area (Å²) in [5.74, 6) is 0.821. The number of benzene rings is 1. The molecule has 2 heterocycles. The van der Waals surface area contributed by atoms with Crippen LogP contribution in [0.25, 0.3) is 21.5 Å². The fourth-order valence-corrected chi connectivity index (χ4v) is 3.01. The number of pyridine rings is 1. The fraction of sp³-hybridized carbons (Fsp3) is 0.188. The molecule has 0 N–H and O–H groups in total. The third kappa shape index (κ3) is 2.51. The SMILES string of the molecule is COc1ccc(C)c2c(C)cc(-c3[c-]ccs3)nc12.[Ir]. The van der Waals surface area contributed by atoms with E-state index in [9.17, 15) is 0 Å². The first kappa shape index (κ1) is 15.2. The summed E-state index contributed by atoms with van der Waals surface area (Å²) in [6, 6.07) is 11.3. The Labute approximate surface area is 136 Å². The molecule has 2 aromatic heterocycles. The normalized spacial score (nSPS) is 10.3. The zero-order valence-corrected chi connectivity index (χ0v) is 14.7. The minimum absolute atomic E-state index is 0. The van der Waals surface area contributed by atoms with E-state index in [4.69, 9.17) is 9.72 Å². The molecule has 20 heavy (non-hydrogen) atoms. The average Bonchev–Trinajstić information content (AvgIpc) is 2.92. The largest absolute Gasteiger partial charge is 0.495 e. The van der Waals surface area contributed by atoms with E-state index in [1.165, 1.54) is 16.5 Å². The monoisotopic (exact) mass is 461 g/mol. The number of ether oxygens (including phenoxy) is 1. The summed E-state index contributed by atoms with van der Waals surface area (Å²) in [5, 5.41) is 3.20. The van der Waals surface area contributed by atoms with Gasteiger partial charge in [0.2, 0.25) is 0 Å². The van der Waals surface area contributed by atoms with Gasteiger partial charge in [0.25, 0.3) is 0 Å². The number of rotatable bonds is 2. The second-order valence-electron chi connectivity index (χ2n) is 4.53. The first-order valence-electron chi connectivity index (χ1n) is 6.11. The van der Waals surface area contributed by atoms with E-state index in [2.05, 4.69) is 32.0 Å². The van der Waals surface area contributed by atoms with Crippen LogP contribution in [0, 0.1) is 19.9 Å². The number of aryl methyl sites for hydroxylation is 2. The van der Waals surface area contributed by atoms with Crippen molar-refractivity contribution in [2.24, 2.45) is 0 Å². The third-order valence-electron chi connectivity index (χ3n) is 3.25. The number of hydrogen-bond donors (Lipinski definition) is 0. The topological polar surface area (TPSA) is 22.1 Å². The summed E-state index contributed by atoms with van der Waals surface area (Å²) in [4.78, 5) is 5.83. The number of fused-ring (bicyclic) bond motifs is 1. The molecule has 105 valence electrons. The van der Waals surface area contributed by atoms with Crippen LogP contribution in [0.3, 0.4) is 0 Å². The Balaban J connectivity index is 0.00000147. The van der Waals surface area contributed by atoms with Gasteiger partial charge < -0.3 is 9.72 Å². The van der Waals surface area contributed by atoms with Crippen LogP contribution in [-0.4, -0.2) is 12.1 Å². The number of thiophene rings is 1. The van der Waals surface area contributed by atoms with Gasteiger partial charge in [0.1, 0.15) is 5.75 Å². The second-order valence-corrected chi connectivity index (χ2v) is 5.44. The van der Waals surface area contributed by atoms with Gasteiger partial charge in [-0.2, -0.15) is 12.1 Å². The van der Waals surface area contributed by atoms with Crippen molar-refractivity contribution in [2.45, 2.75) is 13.8 Å². The van der Waals surface area contributed by atoms with Gasteiger partial charge in [-0.05, 0) is 31.2 Å². The van der Waals surface area contributed by atoms with E-state index in [-0.39, 0.29) is 20.1 Å². The van der Waals surface area contributed by atoms with Crippen LogP contribution < -0.4 is 4.74 Å². The van der Waals surface area contributed by atoms with Crippen LogP contribution in [0.1, 0.15) is 11.1 Å². The van der Waals surface area contributed by atoms with Crippen LogP contribution in [0.5, 0.6) is 5.75 Å². The van der Waals surface area contributed by atoms with Crippen molar-refractivity contribution >= 4 is 22.2 Å². The van der Waals surface area contributed by atoms with Crippen LogP contribution >= 0.6 is 11.3 Å². The molecule has 0 aliphatic heterocycles. The van der Waals surface area contributed by atoms with E-state index in [0.717, 1.165) is 21.8 Å². The van der Waals surface area contributed by atoms with Gasteiger partial charge in [-0.25, -0.2) is 11.3 Å². The molecule has 0 bridgehead atoms. The predicted octanol–water partition coefficient (Wildman–Crippen LogP) is 4.39. The molecule has 4 heteroatoms. The van der Waals surface area contributed by atoms with Gasteiger partial charge in [0.15, 0.2) is 0 Å². The van der Waals surface area contributed by atoms with Crippen LogP contribution in [0.2, 0.25) is 0 Å². The Morgan fingerprint density at radius 2 is 2.00 bits per heavy atom. The van der Waals surface area contributed by atoms with Crippen LogP contribution in [-0.2, 0) is 20.1 Å². The average molecular weight is 461 g/mol. The summed E-state index contributed by atoms with van der Waals surface area (Å²) in [6.07, 6.45) is 0. The molecule has 0 saturated heterocycles. The molecule has 0 spiro atoms. The molecular formula is C16H14IrNOS-. The van der Waals surface area contributed by atoms with Crippen LogP contribution in [0.4, 0.5) is 0 Å². The molecule has 0 aliphatic rings. The van der Waals surface area contributed by atoms with Gasteiger partial charge in [-0.3, -0.25) is 0 Å². The third-order valence-corrected chi connectivity index (χ3v) is 4.08. The number of aromatic nitrogens is 1. The second kappa shape index (κ2) is 6.04. The Bertz CT molecular complexity index is 738. The maximum Gasteiger partial charge on any atom is 0.143 e. The summed E-state index contributed by atoms with van der Waals surface area (Å²) >= 11 is 1.65. The summed E-state index contributed by atoms with van der Waals surface area (Å²) in [6.45, 7) is 4.22. The van der Waals surface area contributed by atoms with E-state index in [1.54, 1.807) is 18.4 Å². The van der Waals surface area contributed by atoms with Crippen molar-refractivity contribution < 1.29 is 24.8 Å². The first-order valence-corrected chi connectivity index (χ1v) is 6.99. The van der Waals surface area contributed by atoms with Crippen molar-refractivity contribution in [3.8, 4) is 16.3 Å². The van der Waals surface area contributed by atoms with Crippen molar-refractivity contribution in [1.82, 2.24) is 4.98 Å². The Morgan fingerprint density at radius 3 is 2.65 bits per heavy atom. The van der Waals surface area contributed by atoms with Gasteiger partial charge in [0, 0.05) is 25.5 Å². The summed E-state index contributed by atoms with van der Waals surface area (Å²) < 4.78 is 5.44. The molecule has 0 saturated carbocycles. The van der Waals surface area contributed by atoms with Crippen molar-refractivity contribution in [3.63, 3.8) is 0 Å². The maximum absolute atomic E-state index is 5.44. The first-order chi connectivity index (χ1) is 9.20. The van der Waals surface area contributed by atoms with Gasteiger partial charge in [-0.1, -0.05) is 22.6 Å². The van der Waals surface area contributed by atoms with Crippen LogP contribution in [0.15, 0.2) is 29.6 Å². The van der Waals surface area contributed by atoms with E-state index < -0.39 is 0 Å². The smallest absolute Gasteiger partial charge is 0.143 e. The quantitative estimate of drug-likeness (QED) is 0.530. The molecule has 3 aromatic rings. The Kier molecular flexibility index (Phi) is 4.59. The van der Waals surface area contributed by atoms with Gasteiger partial charge in [-0.15, -0.1) is 5.38 Å². The van der Waals surface area contributed by atoms with E-state index in [0.29, 0.717) is 0 Å². The standard InChI is InChI=1S/C16H14NOS.Ir/c1-10-6-7-13(18-3)16-15(10)11(2)9-12(17-16)14-5-4-8-19-14;/h4,6-9H,1-3H3;/q-1;. The molecule has 0 amide bonds. The molecule has 0 unspecified atom stereocenters. The van der Waals surface area contributed by atoms with Gasteiger partial charge >= 0.3 is 0 Å². The van der Waals surface area contributed by atoms with Crippen molar-refractivity contribution in [1.29, 1.82) is 0 Å². The number of methoxy groups -OCH3 is 1. The predicted molar refractivity (Wildman–Crippen MR) is 79.9 cm³/mol. The zero-order chi connectivity index (χ0) is 13.4. The molecule has 1 radical (unpaired) electrons. The fourth-order valence-electron chi connectivity index (χ4n) is 2.37. The van der Waals surface area contributed by atoms with Crippen molar-refractivity contribution in [3.05, 3.63) is 46.8 Å². The minimum atomic E-state index is 0. The molecule has 1 aromatic carbocycles. The molecule has 2 nitrogen and oxygen atoms in total. The van der Waals surface area contributed by atoms with E-state index in [1.807, 2.05) is 17.5 Å².